The van der Waals surface area contributed by atoms with E-state index in [1.165, 1.54) is 180 Å². The second-order valence-electron chi connectivity index (χ2n) is 16.3. The summed E-state index contributed by atoms with van der Waals surface area (Å²) >= 11 is 0. The van der Waals surface area contributed by atoms with Crippen LogP contribution in [-0.2, 0) is 18.4 Å². The van der Waals surface area contributed by atoms with E-state index >= 15 is 0 Å². The van der Waals surface area contributed by atoms with Crippen LogP contribution in [-0.4, -0.2) is 47.8 Å². The Balaban J connectivity index is 4.16. The van der Waals surface area contributed by atoms with Crippen molar-refractivity contribution in [2.75, 3.05) is 19.8 Å². The number of nitrogens with one attached hydrogen (secondary N) is 1. The summed E-state index contributed by atoms with van der Waals surface area (Å²) < 4.78 is 22.2. The van der Waals surface area contributed by atoms with Crippen LogP contribution in [0.5, 0.6) is 0 Å². The molecule has 0 aromatic rings. The van der Waals surface area contributed by atoms with Crippen molar-refractivity contribution < 1.29 is 28.4 Å². The molecule has 1 amide bonds. The Morgan fingerprint density at radius 1 is 0.571 bits per heavy atom. The van der Waals surface area contributed by atoms with Gasteiger partial charge in [-0.25, -0.2) is 4.57 Å². The molecule has 0 spiro atoms. The Labute approximate surface area is 347 Å². The molecule has 0 fully saturated rings. The number of carbonyl (C=O) groups excluding carboxylic acids is 1. The lowest BCUT2D eigenvalue weighted by Crippen LogP contribution is -2.45. The minimum atomic E-state index is -4.35. The molecule has 0 aromatic carbocycles. The highest BCUT2D eigenvalue weighted by Gasteiger charge is 2.26. The van der Waals surface area contributed by atoms with Crippen LogP contribution in [0.1, 0.15) is 239 Å². The van der Waals surface area contributed by atoms with Crippen molar-refractivity contribution in [1.82, 2.24) is 5.32 Å². The normalized spacial score (nSPS) is 14.2. The molecular weight excluding hydrogens is 719 g/mol. The maximum absolute atomic E-state index is 12.8. The third-order valence-corrected chi connectivity index (χ3v) is 11.8. The van der Waals surface area contributed by atoms with Gasteiger partial charge in [-0.05, 0) is 32.1 Å². The average molecular weight is 813 g/mol. The number of rotatable bonds is 45. The van der Waals surface area contributed by atoms with Gasteiger partial charge >= 0.3 is 7.82 Å². The van der Waals surface area contributed by atoms with Gasteiger partial charge in [0.15, 0.2) is 0 Å². The van der Waals surface area contributed by atoms with Gasteiger partial charge in [0.1, 0.15) is 0 Å². The van der Waals surface area contributed by atoms with Crippen LogP contribution >= 0.6 is 7.82 Å². The summed E-state index contributed by atoms with van der Waals surface area (Å²) in [4.78, 5) is 22.8. The van der Waals surface area contributed by atoms with E-state index in [2.05, 4.69) is 31.3 Å². The summed E-state index contributed by atoms with van der Waals surface area (Å²) in [6, 6.07) is -0.873. The molecule has 0 aromatic heterocycles. The Morgan fingerprint density at radius 3 is 1.38 bits per heavy atom. The van der Waals surface area contributed by atoms with E-state index < -0.39 is 20.0 Å². The van der Waals surface area contributed by atoms with E-state index in [4.69, 9.17) is 14.8 Å². The quantitative estimate of drug-likeness (QED) is 0.0273. The standard InChI is InChI=1S/C47H93N2O6P/c1-3-5-7-9-11-13-15-17-19-21-23-25-27-29-31-33-35-37-39-41-47(51)49-45(44-55-56(52,53)54-43-42-48)46(50)40-38-36-34-32-30-28-26-24-22-20-18-16-14-12-10-8-6-4-2/h30,32,38,40,45-46,50H,3-29,31,33-37,39,41-44,48H2,1-2H3,(H,49,51)(H,52,53)/b32-30+,40-38+. The first-order valence-electron chi connectivity index (χ1n) is 24.0. The molecule has 3 unspecified atom stereocenters. The molecule has 56 heavy (non-hydrogen) atoms. The minimum Gasteiger partial charge on any atom is -0.387 e. The summed E-state index contributed by atoms with van der Waals surface area (Å²) in [5.74, 6) is -0.200. The minimum absolute atomic E-state index is 0.0761. The molecule has 0 aliphatic carbocycles. The predicted molar refractivity (Wildman–Crippen MR) is 240 cm³/mol. The highest BCUT2D eigenvalue weighted by atomic mass is 31.2. The van der Waals surface area contributed by atoms with Crippen molar-refractivity contribution in [2.24, 2.45) is 5.73 Å². The molecule has 9 heteroatoms. The van der Waals surface area contributed by atoms with Gasteiger partial charge in [-0.3, -0.25) is 13.8 Å². The van der Waals surface area contributed by atoms with E-state index in [0.717, 1.165) is 38.5 Å². The smallest absolute Gasteiger partial charge is 0.387 e. The Bertz CT molecular complexity index is 932. The van der Waals surface area contributed by atoms with Crippen LogP contribution in [0, 0.1) is 0 Å². The van der Waals surface area contributed by atoms with Crippen LogP contribution in [0.2, 0.25) is 0 Å². The number of hydrogen-bond donors (Lipinski definition) is 4. The van der Waals surface area contributed by atoms with Gasteiger partial charge in [0.2, 0.25) is 5.91 Å². The number of nitrogens with two attached hydrogens (primary N) is 1. The van der Waals surface area contributed by atoms with E-state index in [-0.39, 0.29) is 25.7 Å². The molecule has 5 N–H and O–H groups in total. The Hall–Kier alpha value is -1.02. The largest absolute Gasteiger partial charge is 0.472 e. The number of carbonyl (C=O) groups is 1. The zero-order chi connectivity index (χ0) is 41.1. The second kappa shape index (κ2) is 43.6. The van der Waals surface area contributed by atoms with Gasteiger partial charge in [-0.2, -0.15) is 0 Å². The lowest BCUT2D eigenvalue weighted by Gasteiger charge is -2.23. The highest BCUT2D eigenvalue weighted by molar-refractivity contribution is 7.47. The Morgan fingerprint density at radius 2 is 0.946 bits per heavy atom. The molecule has 332 valence electrons. The van der Waals surface area contributed by atoms with E-state index in [1.807, 2.05) is 6.08 Å². The van der Waals surface area contributed by atoms with Crippen LogP contribution in [0.4, 0.5) is 0 Å². The molecule has 0 heterocycles. The number of unbranched alkanes of at least 4 members (excludes halogenated alkanes) is 31. The van der Waals surface area contributed by atoms with Crippen molar-refractivity contribution in [2.45, 2.75) is 251 Å². The fourth-order valence-corrected chi connectivity index (χ4v) is 7.91. The highest BCUT2D eigenvalue weighted by Crippen LogP contribution is 2.43. The lowest BCUT2D eigenvalue weighted by atomic mass is 10.0. The van der Waals surface area contributed by atoms with Gasteiger partial charge in [0.25, 0.3) is 0 Å². The Kier molecular flexibility index (Phi) is 42.8. The van der Waals surface area contributed by atoms with Gasteiger partial charge in [-0.15, -0.1) is 0 Å². The van der Waals surface area contributed by atoms with Crippen molar-refractivity contribution in [3.63, 3.8) is 0 Å². The SMILES string of the molecule is CCCCCCCCCCCCCC/C=C/CC/C=C/C(O)C(COP(=O)(O)OCCN)NC(=O)CCCCCCCCCCCCCCCCCCCCC. The summed E-state index contributed by atoms with van der Waals surface area (Å²) in [6.45, 7) is 4.15. The lowest BCUT2D eigenvalue weighted by molar-refractivity contribution is -0.123. The van der Waals surface area contributed by atoms with Crippen LogP contribution in [0.3, 0.4) is 0 Å². The van der Waals surface area contributed by atoms with E-state index in [1.54, 1.807) is 6.08 Å². The topological polar surface area (TPSA) is 131 Å². The molecule has 0 rings (SSSR count). The fourth-order valence-electron chi connectivity index (χ4n) is 7.15. The second-order valence-corrected chi connectivity index (χ2v) is 17.8. The zero-order valence-corrected chi connectivity index (χ0v) is 37.8. The number of phosphoric acid groups is 1. The van der Waals surface area contributed by atoms with Crippen molar-refractivity contribution in [3.05, 3.63) is 24.3 Å². The molecular formula is C47H93N2O6P. The first-order chi connectivity index (χ1) is 27.4. The van der Waals surface area contributed by atoms with E-state index in [9.17, 15) is 19.4 Å². The molecule has 0 saturated carbocycles. The monoisotopic (exact) mass is 813 g/mol. The van der Waals surface area contributed by atoms with E-state index in [0.29, 0.717) is 6.42 Å². The summed E-state index contributed by atoms with van der Waals surface area (Å²) in [5.41, 5.74) is 5.38. The third-order valence-electron chi connectivity index (χ3n) is 10.8. The molecule has 0 aliphatic rings. The number of hydrogen-bond acceptors (Lipinski definition) is 6. The maximum atomic E-state index is 12.8. The first kappa shape index (κ1) is 55.0. The maximum Gasteiger partial charge on any atom is 0.472 e. The number of aliphatic hydroxyl groups excluding tert-OH is 1. The zero-order valence-electron chi connectivity index (χ0n) is 36.9. The summed E-state index contributed by atoms with van der Waals surface area (Å²) in [5, 5.41) is 13.7. The first-order valence-corrected chi connectivity index (χ1v) is 25.5. The van der Waals surface area contributed by atoms with Gasteiger partial charge < -0.3 is 21.1 Å². The number of allylic oxidation sites excluding steroid dienone is 3. The molecule has 0 saturated heterocycles. The summed E-state index contributed by atoms with van der Waals surface area (Å²) in [6.07, 6.45) is 50.9. The van der Waals surface area contributed by atoms with Crippen LogP contribution in [0.15, 0.2) is 24.3 Å². The fraction of sp³-hybridized carbons (Fsp3) is 0.894. The number of phosphoric ester groups is 1. The number of aliphatic hydroxyl groups is 1. The molecule has 3 atom stereocenters. The predicted octanol–water partition coefficient (Wildman–Crippen LogP) is 13.7. The molecule has 0 radical (unpaired) electrons. The van der Waals surface area contributed by atoms with Gasteiger partial charge in [0.05, 0.1) is 25.4 Å². The van der Waals surface area contributed by atoms with Gasteiger partial charge in [0, 0.05) is 13.0 Å². The van der Waals surface area contributed by atoms with Crippen molar-refractivity contribution >= 4 is 13.7 Å². The van der Waals surface area contributed by atoms with Crippen molar-refractivity contribution in [3.8, 4) is 0 Å². The average Bonchev–Trinajstić information content (AvgIpc) is 3.19. The summed E-state index contributed by atoms with van der Waals surface area (Å²) in [7, 11) is -4.35. The molecule has 8 nitrogen and oxygen atoms in total. The molecule has 0 aliphatic heterocycles. The van der Waals surface area contributed by atoms with Crippen LogP contribution < -0.4 is 11.1 Å². The third kappa shape index (κ3) is 41.2. The number of amides is 1. The van der Waals surface area contributed by atoms with Crippen LogP contribution in [0.25, 0.3) is 0 Å². The van der Waals surface area contributed by atoms with Crippen molar-refractivity contribution in [1.29, 1.82) is 0 Å². The molecule has 0 bridgehead atoms. The van der Waals surface area contributed by atoms with Gasteiger partial charge in [-0.1, -0.05) is 224 Å².